The molecule has 0 bridgehead atoms. The molecule has 2 heterocycles. The minimum atomic E-state index is -0.240. The Kier molecular flexibility index (Phi) is 3.96. The van der Waals surface area contributed by atoms with Crippen LogP contribution in [-0.2, 0) is 0 Å². The summed E-state index contributed by atoms with van der Waals surface area (Å²) in [5, 5.41) is 6.65. The van der Waals surface area contributed by atoms with Crippen LogP contribution in [0.15, 0.2) is 28.1 Å². The number of halogens is 2. The highest BCUT2D eigenvalue weighted by molar-refractivity contribution is 9.10. The highest BCUT2D eigenvalue weighted by atomic mass is 79.9. The zero-order valence-corrected chi connectivity index (χ0v) is 12.7. The Hall–Kier alpha value is -0.780. The third-order valence-corrected chi connectivity index (χ3v) is 5.00. The summed E-state index contributed by atoms with van der Waals surface area (Å²) < 4.78 is 13.7. The monoisotopic (exact) mass is 340 g/mol. The fraction of sp³-hybridized carbons (Fsp3) is 0.357. The van der Waals surface area contributed by atoms with Crippen molar-refractivity contribution in [2.24, 2.45) is 0 Å². The molecule has 1 aromatic heterocycles. The number of rotatable bonds is 2. The first-order valence-corrected chi connectivity index (χ1v) is 8.03. The number of hydrogen-bond donors (Lipinski definition) is 1. The van der Waals surface area contributed by atoms with Crippen molar-refractivity contribution in [3.63, 3.8) is 0 Å². The standard InChI is InChI=1S/C14H14BrFN2S/c15-11-6-9(3-4-12(11)16)13-8-19-14(18-13)10-2-1-5-17-7-10/h3-4,6,8,10,17H,1-2,5,7H2. The van der Waals surface area contributed by atoms with Crippen molar-refractivity contribution < 1.29 is 4.39 Å². The molecule has 3 rings (SSSR count). The van der Waals surface area contributed by atoms with E-state index in [1.54, 1.807) is 23.5 Å². The Morgan fingerprint density at radius 1 is 1.42 bits per heavy atom. The lowest BCUT2D eigenvalue weighted by atomic mass is 10.0. The maximum Gasteiger partial charge on any atom is 0.137 e. The number of nitrogens with zero attached hydrogens (tertiary/aromatic N) is 1. The molecule has 19 heavy (non-hydrogen) atoms. The van der Waals surface area contributed by atoms with E-state index >= 15 is 0 Å². The van der Waals surface area contributed by atoms with E-state index in [1.807, 2.05) is 0 Å². The second-order valence-electron chi connectivity index (χ2n) is 4.74. The Balaban J connectivity index is 1.85. The molecular formula is C14H14BrFN2S. The largest absolute Gasteiger partial charge is 0.316 e. The van der Waals surface area contributed by atoms with Gasteiger partial charge in [0.25, 0.3) is 0 Å². The second kappa shape index (κ2) is 5.69. The molecule has 0 saturated carbocycles. The van der Waals surface area contributed by atoms with Crippen LogP contribution in [0.5, 0.6) is 0 Å². The molecule has 1 unspecified atom stereocenters. The third kappa shape index (κ3) is 2.88. The fourth-order valence-corrected chi connectivity index (χ4v) is 3.67. The van der Waals surface area contributed by atoms with E-state index in [0.717, 1.165) is 24.3 Å². The van der Waals surface area contributed by atoms with Crippen molar-refractivity contribution in [2.45, 2.75) is 18.8 Å². The minimum absolute atomic E-state index is 0.240. The van der Waals surface area contributed by atoms with Crippen molar-refractivity contribution in [1.82, 2.24) is 10.3 Å². The maximum atomic E-state index is 13.2. The summed E-state index contributed by atoms with van der Waals surface area (Å²) in [5.41, 5.74) is 1.89. The van der Waals surface area contributed by atoms with Gasteiger partial charge in [-0.1, -0.05) is 0 Å². The first-order chi connectivity index (χ1) is 9.24. The van der Waals surface area contributed by atoms with Crippen LogP contribution in [0.25, 0.3) is 11.3 Å². The van der Waals surface area contributed by atoms with E-state index in [4.69, 9.17) is 4.98 Å². The molecule has 1 saturated heterocycles. The number of piperidine rings is 1. The van der Waals surface area contributed by atoms with E-state index in [2.05, 4.69) is 26.6 Å². The summed E-state index contributed by atoms with van der Waals surface area (Å²) in [6, 6.07) is 5.03. The highest BCUT2D eigenvalue weighted by Gasteiger charge is 2.18. The van der Waals surface area contributed by atoms with Gasteiger partial charge in [0.2, 0.25) is 0 Å². The van der Waals surface area contributed by atoms with Gasteiger partial charge in [0.15, 0.2) is 0 Å². The van der Waals surface area contributed by atoms with Crippen LogP contribution in [0, 0.1) is 5.82 Å². The number of nitrogens with one attached hydrogen (secondary N) is 1. The van der Waals surface area contributed by atoms with Gasteiger partial charge >= 0.3 is 0 Å². The summed E-state index contributed by atoms with van der Waals surface area (Å²) in [7, 11) is 0. The molecule has 0 aliphatic carbocycles. The zero-order valence-electron chi connectivity index (χ0n) is 10.3. The van der Waals surface area contributed by atoms with E-state index < -0.39 is 0 Å². The molecule has 1 aromatic carbocycles. The quantitative estimate of drug-likeness (QED) is 0.886. The van der Waals surface area contributed by atoms with Crippen molar-refractivity contribution in [3.05, 3.63) is 38.9 Å². The summed E-state index contributed by atoms with van der Waals surface area (Å²) in [6.07, 6.45) is 2.41. The Morgan fingerprint density at radius 3 is 3.05 bits per heavy atom. The number of aromatic nitrogens is 1. The smallest absolute Gasteiger partial charge is 0.137 e. The fourth-order valence-electron chi connectivity index (χ4n) is 2.33. The van der Waals surface area contributed by atoms with Crippen LogP contribution >= 0.6 is 27.3 Å². The van der Waals surface area contributed by atoms with Gasteiger partial charge in [-0.2, -0.15) is 0 Å². The molecule has 0 spiro atoms. The molecule has 100 valence electrons. The third-order valence-electron chi connectivity index (χ3n) is 3.38. The van der Waals surface area contributed by atoms with Gasteiger partial charge in [0.1, 0.15) is 5.82 Å². The number of hydrogen-bond acceptors (Lipinski definition) is 3. The van der Waals surface area contributed by atoms with Gasteiger partial charge < -0.3 is 5.32 Å². The SMILES string of the molecule is Fc1ccc(-c2csc(C3CCCNC3)n2)cc1Br. The molecular weight excluding hydrogens is 327 g/mol. The van der Waals surface area contributed by atoms with Crippen LogP contribution < -0.4 is 5.32 Å². The van der Waals surface area contributed by atoms with Crippen molar-refractivity contribution in [3.8, 4) is 11.3 Å². The van der Waals surface area contributed by atoms with Gasteiger partial charge in [-0.05, 0) is 53.5 Å². The Bertz CT molecular complexity index is 579. The normalized spacial score (nSPS) is 19.6. The van der Waals surface area contributed by atoms with Gasteiger partial charge in [-0.3, -0.25) is 0 Å². The molecule has 1 N–H and O–H groups in total. The number of benzene rings is 1. The van der Waals surface area contributed by atoms with Crippen LogP contribution in [-0.4, -0.2) is 18.1 Å². The topological polar surface area (TPSA) is 24.9 Å². The van der Waals surface area contributed by atoms with Gasteiger partial charge in [0, 0.05) is 23.4 Å². The summed E-state index contributed by atoms with van der Waals surface area (Å²) in [5.74, 6) is 0.284. The van der Waals surface area contributed by atoms with Gasteiger partial charge in [-0.25, -0.2) is 9.37 Å². The number of thiazole rings is 1. The molecule has 2 nitrogen and oxygen atoms in total. The summed E-state index contributed by atoms with van der Waals surface area (Å²) in [6.45, 7) is 2.12. The molecule has 1 fully saturated rings. The highest BCUT2D eigenvalue weighted by Crippen LogP contribution is 2.31. The molecule has 0 radical (unpaired) electrons. The van der Waals surface area contributed by atoms with Crippen LogP contribution in [0.4, 0.5) is 4.39 Å². The minimum Gasteiger partial charge on any atom is -0.316 e. The predicted octanol–water partition coefficient (Wildman–Crippen LogP) is 4.18. The zero-order chi connectivity index (χ0) is 13.2. The lowest BCUT2D eigenvalue weighted by Crippen LogP contribution is -2.28. The summed E-state index contributed by atoms with van der Waals surface area (Å²) in [4.78, 5) is 4.71. The molecule has 1 aliphatic rings. The van der Waals surface area contributed by atoms with E-state index in [-0.39, 0.29) is 5.82 Å². The Labute approximate surface area is 124 Å². The molecule has 2 aromatic rings. The molecule has 0 amide bonds. The van der Waals surface area contributed by atoms with Crippen molar-refractivity contribution in [1.29, 1.82) is 0 Å². The van der Waals surface area contributed by atoms with Gasteiger partial charge in [-0.15, -0.1) is 11.3 Å². The van der Waals surface area contributed by atoms with Crippen LogP contribution in [0.2, 0.25) is 0 Å². The van der Waals surface area contributed by atoms with E-state index in [0.29, 0.717) is 10.4 Å². The molecule has 1 aliphatic heterocycles. The summed E-state index contributed by atoms with van der Waals surface area (Å²) >= 11 is 4.92. The average molecular weight is 341 g/mol. The Morgan fingerprint density at radius 2 is 2.32 bits per heavy atom. The van der Waals surface area contributed by atoms with Crippen molar-refractivity contribution in [2.75, 3.05) is 13.1 Å². The van der Waals surface area contributed by atoms with Crippen LogP contribution in [0.1, 0.15) is 23.8 Å². The first kappa shape index (κ1) is 13.2. The van der Waals surface area contributed by atoms with Gasteiger partial charge in [0.05, 0.1) is 15.2 Å². The molecule has 1 atom stereocenters. The second-order valence-corrected chi connectivity index (χ2v) is 6.49. The van der Waals surface area contributed by atoms with Crippen LogP contribution in [0.3, 0.4) is 0 Å². The van der Waals surface area contributed by atoms with E-state index in [9.17, 15) is 4.39 Å². The van der Waals surface area contributed by atoms with Crippen molar-refractivity contribution >= 4 is 27.3 Å². The van der Waals surface area contributed by atoms with E-state index in [1.165, 1.54) is 23.9 Å². The lowest BCUT2D eigenvalue weighted by Gasteiger charge is -2.20. The predicted molar refractivity (Wildman–Crippen MR) is 80.1 cm³/mol. The lowest BCUT2D eigenvalue weighted by molar-refractivity contribution is 0.460. The average Bonchev–Trinajstić information content (AvgIpc) is 2.93. The first-order valence-electron chi connectivity index (χ1n) is 6.35. The maximum absolute atomic E-state index is 13.2. The molecule has 5 heteroatoms.